The Kier molecular flexibility index (Phi) is 3.72. The lowest BCUT2D eigenvalue weighted by atomic mass is 10.0. The second-order valence-electron chi connectivity index (χ2n) is 3.40. The molecule has 0 spiro atoms. The molecule has 0 saturated carbocycles. The van der Waals surface area contributed by atoms with Crippen LogP contribution in [0.15, 0.2) is 18.2 Å². The molecule has 1 aromatic carbocycles. The highest BCUT2D eigenvalue weighted by molar-refractivity contribution is 5.42. The topological polar surface area (TPSA) is 52.4 Å². The summed E-state index contributed by atoms with van der Waals surface area (Å²) in [5, 5.41) is 10.4. The van der Waals surface area contributed by atoms with Gasteiger partial charge in [-0.25, -0.2) is 0 Å². The minimum Gasteiger partial charge on any atom is -0.377 e. The summed E-state index contributed by atoms with van der Waals surface area (Å²) >= 11 is 0. The molecule has 1 rings (SSSR count). The number of halogens is 3. The number of nitro groups is 1. The van der Waals surface area contributed by atoms with Gasteiger partial charge in [0.05, 0.1) is 16.6 Å². The van der Waals surface area contributed by atoms with Crippen molar-refractivity contribution in [3.05, 3.63) is 39.4 Å². The maximum Gasteiger partial charge on any atom is 0.417 e. The number of rotatable bonds is 3. The summed E-state index contributed by atoms with van der Waals surface area (Å²) in [5.74, 6) is 0. The number of hydrogen-bond donors (Lipinski definition) is 0. The predicted octanol–water partition coefficient (Wildman–Crippen LogP) is 3.32. The van der Waals surface area contributed by atoms with E-state index in [9.17, 15) is 23.3 Å². The summed E-state index contributed by atoms with van der Waals surface area (Å²) in [5.41, 5.74) is -1.75. The zero-order chi connectivity index (χ0) is 13.2. The monoisotopic (exact) mass is 249 g/mol. The van der Waals surface area contributed by atoms with Crippen LogP contribution < -0.4 is 0 Å². The minimum atomic E-state index is -4.64. The summed E-state index contributed by atoms with van der Waals surface area (Å²) in [7, 11) is 1.27. The van der Waals surface area contributed by atoms with Gasteiger partial charge >= 0.3 is 6.18 Å². The average Bonchev–Trinajstić information content (AvgIpc) is 2.26. The molecule has 1 atom stereocenters. The summed E-state index contributed by atoms with van der Waals surface area (Å²) in [6.07, 6.45) is -5.43. The van der Waals surface area contributed by atoms with Gasteiger partial charge in [-0.15, -0.1) is 0 Å². The largest absolute Gasteiger partial charge is 0.417 e. The number of ether oxygens (including phenoxy) is 1. The van der Waals surface area contributed by atoms with E-state index < -0.39 is 28.5 Å². The molecule has 4 nitrogen and oxygen atoms in total. The molecule has 0 fully saturated rings. The minimum absolute atomic E-state index is 0.120. The number of benzene rings is 1. The van der Waals surface area contributed by atoms with Crippen molar-refractivity contribution in [1.29, 1.82) is 0 Å². The Morgan fingerprint density at radius 2 is 2.00 bits per heavy atom. The molecule has 0 bridgehead atoms. The molecule has 1 unspecified atom stereocenters. The fraction of sp³-hybridized carbons (Fsp3) is 0.400. The number of non-ortho nitro benzene ring substituents is 1. The molecule has 0 aromatic heterocycles. The van der Waals surface area contributed by atoms with Crippen LogP contribution in [0.2, 0.25) is 0 Å². The lowest BCUT2D eigenvalue weighted by molar-refractivity contribution is -0.385. The zero-order valence-corrected chi connectivity index (χ0v) is 9.12. The van der Waals surface area contributed by atoms with Crippen molar-refractivity contribution in [2.75, 3.05) is 7.11 Å². The van der Waals surface area contributed by atoms with Crippen molar-refractivity contribution in [3.8, 4) is 0 Å². The smallest absolute Gasteiger partial charge is 0.377 e. The number of alkyl halides is 3. The van der Waals surface area contributed by atoms with Crippen molar-refractivity contribution in [3.63, 3.8) is 0 Å². The van der Waals surface area contributed by atoms with Crippen LogP contribution in [0.5, 0.6) is 0 Å². The normalized spacial score (nSPS) is 13.5. The average molecular weight is 249 g/mol. The standard InChI is InChI=1S/C10H10F3NO3/c1-6(17-2)8-4-3-7(14(15)16)5-9(8)10(11,12)13/h3-6H,1-2H3. The maximum absolute atomic E-state index is 12.7. The maximum atomic E-state index is 12.7. The lowest BCUT2D eigenvalue weighted by Crippen LogP contribution is -2.12. The molecule has 7 heteroatoms. The van der Waals surface area contributed by atoms with Crippen LogP contribution in [-0.4, -0.2) is 12.0 Å². The lowest BCUT2D eigenvalue weighted by Gasteiger charge is -2.16. The van der Waals surface area contributed by atoms with Gasteiger partial charge in [-0.2, -0.15) is 13.2 Å². The molecule has 1 aromatic rings. The van der Waals surface area contributed by atoms with E-state index in [-0.39, 0.29) is 5.56 Å². The van der Waals surface area contributed by atoms with Crippen molar-refractivity contribution in [2.45, 2.75) is 19.2 Å². The molecule has 0 aliphatic carbocycles. The van der Waals surface area contributed by atoms with E-state index in [0.717, 1.165) is 12.1 Å². The van der Waals surface area contributed by atoms with Crippen molar-refractivity contribution >= 4 is 5.69 Å². The Balaban J connectivity index is 3.37. The molecule has 0 heterocycles. The van der Waals surface area contributed by atoms with E-state index in [1.807, 2.05) is 0 Å². The van der Waals surface area contributed by atoms with Gasteiger partial charge in [-0.1, -0.05) is 0 Å². The van der Waals surface area contributed by atoms with Crippen LogP contribution >= 0.6 is 0 Å². The van der Waals surface area contributed by atoms with Crippen LogP contribution in [0.25, 0.3) is 0 Å². The van der Waals surface area contributed by atoms with Crippen LogP contribution in [0.3, 0.4) is 0 Å². The summed E-state index contributed by atoms with van der Waals surface area (Å²) in [4.78, 5) is 9.57. The number of methoxy groups -OCH3 is 1. The Morgan fingerprint density at radius 1 is 1.41 bits per heavy atom. The Bertz CT molecular complexity index is 431. The van der Waals surface area contributed by atoms with Gasteiger partial charge in [0.1, 0.15) is 0 Å². The molecule has 0 N–H and O–H groups in total. The quantitative estimate of drug-likeness (QED) is 0.609. The van der Waals surface area contributed by atoms with Gasteiger partial charge in [0.2, 0.25) is 0 Å². The summed E-state index contributed by atoms with van der Waals surface area (Å²) < 4.78 is 42.9. The van der Waals surface area contributed by atoms with Crippen LogP contribution in [0.1, 0.15) is 24.2 Å². The Labute approximate surface area is 95.2 Å². The molecular weight excluding hydrogens is 239 g/mol. The molecule has 0 amide bonds. The predicted molar refractivity (Wildman–Crippen MR) is 53.5 cm³/mol. The summed E-state index contributed by atoms with van der Waals surface area (Å²) in [6, 6.07) is 2.61. The highest BCUT2D eigenvalue weighted by Gasteiger charge is 2.36. The second-order valence-corrected chi connectivity index (χ2v) is 3.40. The van der Waals surface area contributed by atoms with Crippen LogP contribution in [-0.2, 0) is 10.9 Å². The van der Waals surface area contributed by atoms with E-state index in [2.05, 4.69) is 0 Å². The van der Waals surface area contributed by atoms with Gasteiger partial charge in [-0.3, -0.25) is 10.1 Å². The second kappa shape index (κ2) is 4.70. The molecular formula is C10H10F3NO3. The van der Waals surface area contributed by atoms with E-state index in [4.69, 9.17) is 4.74 Å². The fourth-order valence-electron chi connectivity index (χ4n) is 1.38. The van der Waals surface area contributed by atoms with Crippen LogP contribution in [0.4, 0.5) is 18.9 Å². The van der Waals surface area contributed by atoms with Gasteiger partial charge < -0.3 is 4.74 Å². The number of nitro benzene ring substituents is 1. The summed E-state index contributed by atoms with van der Waals surface area (Å²) in [6.45, 7) is 1.44. The molecule has 94 valence electrons. The first-order valence-corrected chi connectivity index (χ1v) is 4.65. The van der Waals surface area contributed by atoms with Crippen molar-refractivity contribution in [1.82, 2.24) is 0 Å². The highest BCUT2D eigenvalue weighted by Crippen LogP contribution is 2.37. The van der Waals surface area contributed by atoms with Gasteiger partial charge in [0, 0.05) is 19.2 Å². The first-order chi connectivity index (χ1) is 7.77. The van der Waals surface area contributed by atoms with Gasteiger partial charge in [0.15, 0.2) is 0 Å². The van der Waals surface area contributed by atoms with E-state index in [0.29, 0.717) is 6.07 Å². The van der Waals surface area contributed by atoms with Crippen molar-refractivity contribution < 1.29 is 22.8 Å². The number of hydrogen-bond acceptors (Lipinski definition) is 3. The number of nitrogens with zero attached hydrogens (tertiary/aromatic N) is 1. The Hall–Kier alpha value is -1.63. The third-order valence-electron chi connectivity index (χ3n) is 2.34. The molecule has 0 saturated heterocycles. The SMILES string of the molecule is COC(C)c1ccc([N+](=O)[O-])cc1C(F)(F)F. The zero-order valence-electron chi connectivity index (χ0n) is 9.12. The van der Waals surface area contributed by atoms with Crippen molar-refractivity contribution in [2.24, 2.45) is 0 Å². The molecule has 0 aliphatic rings. The molecule has 17 heavy (non-hydrogen) atoms. The highest BCUT2D eigenvalue weighted by atomic mass is 19.4. The molecule has 0 radical (unpaired) electrons. The van der Waals surface area contributed by atoms with Gasteiger partial charge in [-0.05, 0) is 18.6 Å². The Morgan fingerprint density at radius 3 is 2.41 bits per heavy atom. The van der Waals surface area contributed by atoms with E-state index in [1.54, 1.807) is 0 Å². The molecule has 0 aliphatic heterocycles. The third-order valence-corrected chi connectivity index (χ3v) is 2.34. The first kappa shape index (κ1) is 13.4. The van der Waals surface area contributed by atoms with Gasteiger partial charge in [0.25, 0.3) is 5.69 Å². The van der Waals surface area contributed by atoms with Crippen LogP contribution in [0, 0.1) is 10.1 Å². The fourth-order valence-corrected chi connectivity index (χ4v) is 1.38. The third kappa shape index (κ3) is 2.94. The van der Waals surface area contributed by atoms with E-state index >= 15 is 0 Å². The first-order valence-electron chi connectivity index (χ1n) is 4.65. The van der Waals surface area contributed by atoms with E-state index in [1.165, 1.54) is 14.0 Å².